The van der Waals surface area contributed by atoms with Gasteiger partial charge in [-0.1, -0.05) is 36.4 Å². The predicted molar refractivity (Wildman–Crippen MR) is 117 cm³/mol. The first kappa shape index (κ1) is 20.2. The summed E-state index contributed by atoms with van der Waals surface area (Å²) in [5, 5.41) is 0. The minimum atomic E-state index is -0.378. The van der Waals surface area contributed by atoms with Gasteiger partial charge in [0.15, 0.2) is 0 Å². The van der Waals surface area contributed by atoms with E-state index < -0.39 is 0 Å². The predicted octanol–water partition coefficient (Wildman–Crippen LogP) is 4.22. The summed E-state index contributed by atoms with van der Waals surface area (Å²) < 4.78 is 13.9. The summed E-state index contributed by atoms with van der Waals surface area (Å²) in [6.07, 6.45) is 4.44. The lowest BCUT2D eigenvalue weighted by molar-refractivity contribution is -0.151. The molecule has 0 unspecified atom stereocenters. The number of aryl methyl sites for hydroxylation is 1. The number of amides is 2. The fourth-order valence-electron chi connectivity index (χ4n) is 6.05. The summed E-state index contributed by atoms with van der Waals surface area (Å²) in [6.45, 7) is 3.13. The molecule has 4 atom stereocenters. The quantitative estimate of drug-likeness (QED) is 0.746. The number of benzene rings is 2. The summed E-state index contributed by atoms with van der Waals surface area (Å²) >= 11 is 0. The van der Waals surface area contributed by atoms with Crippen molar-refractivity contribution in [1.29, 1.82) is 0 Å². The van der Waals surface area contributed by atoms with Gasteiger partial charge in [-0.05, 0) is 67.7 Å². The summed E-state index contributed by atoms with van der Waals surface area (Å²) in [5.41, 5.74) is 2.49. The average molecular weight is 421 g/mol. The van der Waals surface area contributed by atoms with Gasteiger partial charge < -0.3 is 9.80 Å². The molecule has 0 aromatic heterocycles. The lowest BCUT2D eigenvalue weighted by Gasteiger charge is -2.56. The van der Waals surface area contributed by atoms with Crippen LogP contribution in [0.4, 0.5) is 4.39 Å². The first-order chi connectivity index (χ1) is 15.0. The molecule has 3 aliphatic rings. The molecule has 4 nitrogen and oxygen atoms in total. The van der Waals surface area contributed by atoms with Crippen LogP contribution >= 0.6 is 0 Å². The molecule has 2 amide bonds. The van der Waals surface area contributed by atoms with Crippen molar-refractivity contribution >= 4 is 11.8 Å². The Hall–Kier alpha value is -2.69. The number of carbonyl (C=O) groups excluding carboxylic acids is 2. The van der Waals surface area contributed by atoms with Gasteiger partial charge in [0.25, 0.3) is 5.91 Å². The highest BCUT2D eigenvalue weighted by Crippen LogP contribution is 2.43. The standard InChI is InChI=1S/C26H29FN2O2/c1-17-10-11-21(27)14-22(17)26(31)28-15-19-13-20(16-28)24(12-18-6-3-2-4-7-18)29-23(19)8-5-9-25(29)30/h2-4,6-7,10-11,14,19-20,23-24H,5,8-9,12-13,15-16H2,1H3/t19-,20+,23+,24+/m1/s1. The van der Waals surface area contributed by atoms with Crippen molar-refractivity contribution in [3.05, 3.63) is 71.0 Å². The third-order valence-corrected chi connectivity index (χ3v) is 7.50. The van der Waals surface area contributed by atoms with E-state index in [2.05, 4.69) is 17.0 Å². The summed E-state index contributed by atoms with van der Waals surface area (Å²) in [6, 6.07) is 15.1. The number of halogens is 1. The number of piperidine rings is 3. The maximum atomic E-state index is 13.9. The molecule has 0 spiro atoms. The Bertz CT molecular complexity index is 992. The van der Waals surface area contributed by atoms with Crippen molar-refractivity contribution in [1.82, 2.24) is 9.80 Å². The van der Waals surface area contributed by atoms with Crippen molar-refractivity contribution in [3.8, 4) is 0 Å². The zero-order valence-corrected chi connectivity index (χ0v) is 18.0. The molecule has 0 N–H and O–H groups in total. The van der Waals surface area contributed by atoms with E-state index in [1.807, 2.05) is 30.0 Å². The molecule has 3 aliphatic heterocycles. The van der Waals surface area contributed by atoms with E-state index in [1.54, 1.807) is 6.07 Å². The summed E-state index contributed by atoms with van der Waals surface area (Å²) in [5.74, 6) is 0.355. The maximum Gasteiger partial charge on any atom is 0.254 e. The van der Waals surface area contributed by atoms with Gasteiger partial charge in [-0.25, -0.2) is 4.39 Å². The highest BCUT2D eigenvalue weighted by molar-refractivity contribution is 5.95. The maximum absolute atomic E-state index is 13.9. The molecule has 2 bridgehead atoms. The molecule has 162 valence electrons. The van der Waals surface area contributed by atoms with Gasteiger partial charge in [-0.15, -0.1) is 0 Å². The molecular formula is C26H29FN2O2. The molecule has 5 heteroatoms. The van der Waals surface area contributed by atoms with Crippen molar-refractivity contribution in [2.24, 2.45) is 11.8 Å². The van der Waals surface area contributed by atoms with Crippen LogP contribution in [0.15, 0.2) is 48.5 Å². The third-order valence-electron chi connectivity index (χ3n) is 7.50. The number of likely N-dealkylation sites (tertiary alicyclic amines) is 1. The lowest BCUT2D eigenvalue weighted by Crippen LogP contribution is -2.66. The Morgan fingerprint density at radius 1 is 1.10 bits per heavy atom. The van der Waals surface area contributed by atoms with Gasteiger partial charge in [-0.3, -0.25) is 9.59 Å². The van der Waals surface area contributed by atoms with E-state index in [0.29, 0.717) is 31.0 Å². The second-order valence-corrected chi connectivity index (χ2v) is 9.44. The normalized spacial score (nSPS) is 27.7. The lowest BCUT2D eigenvalue weighted by atomic mass is 9.70. The van der Waals surface area contributed by atoms with Crippen LogP contribution in [-0.4, -0.2) is 46.8 Å². The number of carbonyl (C=O) groups is 2. The van der Waals surface area contributed by atoms with Gasteiger partial charge >= 0.3 is 0 Å². The second kappa shape index (κ2) is 8.10. The third kappa shape index (κ3) is 3.75. The second-order valence-electron chi connectivity index (χ2n) is 9.44. The first-order valence-corrected chi connectivity index (χ1v) is 11.4. The Kier molecular flexibility index (Phi) is 5.28. The van der Waals surface area contributed by atoms with Gasteiger partial charge in [0.2, 0.25) is 5.91 Å². The minimum absolute atomic E-state index is 0.0826. The van der Waals surface area contributed by atoms with E-state index in [4.69, 9.17) is 0 Å². The molecule has 5 rings (SSSR count). The van der Waals surface area contributed by atoms with Crippen LogP contribution in [0.3, 0.4) is 0 Å². The van der Waals surface area contributed by atoms with E-state index in [-0.39, 0.29) is 35.6 Å². The van der Waals surface area contributed by atoms with Gasteiger partial charge in [0.1, 0.15) is 5.82 Å². The first-order valence-electron chi connectivity index (χ1n) is 11.4. The van der Waals surface area contributed by atoms with Crippen LogP contribution in [-0.2, 0) is 11.2 Å². The SMILES string of the molecule is Cc1ccc(F)cc1C(=O)N1C[C@H]2C[C@@H](C1)[C@H](Cc1ccccc1)N1C(=O)CCC[C@@H]21. The van der Waals surface area contributed by atoms with Crippen LogP contribution in [0.1, 0.15) is 47.2 Å². The molecule has 0 saturated carbocycles. The van der Waals surface area contributed by atoms with Crippen LogP contribution in [0, 0.1) is 24.6 Å². The van der Waals surface area contributed by atoms with Crippen molar-refractivity contribution < 1.29 is 14.0 Å². The monoisotopic (exact) mass is 420 g/mol. The number of fused-ring (bicyclic) bond motifs is 4. The van der Waals surface area contributed by atoms with E-state index in [1.165, 1.54) is 17.7 Å². The highest BCUT2D eigenvalue weighted by Gasteiger charge is 2.50. The van der Waals surface area contributed by atoms with E-state index in [0.717, 1.165) is 31.2 Å². The fraction of sp³-hybridized carbons (Fsp3) is 0.462. The zero-order valence-electron chi connectivity index (χ0n) is 18.0. The van der Waals surface area contributed by atoms with Crippen LogP contribution < -0.4 is 0 Å². The molecule has 31 heavy (non-hydrogen) atoms. The molecule has 3 fully saturated rings. The van der Waals surface area contributed by atoms with Crippen molar-refractivity contribution in [2.75, 3.05) is 13.1 Å². The van der Waals surface area contributed by atoms with E-state index >= 15 is 0 Å². The number of rotatable bonds is 3. The van der Waals surface area contributed by atoms with Crippen LogP contribution in [0.5, 0.6) is 0 Å². The smallest absolute Gasteiger partial charge is 0.254 e. The van der Waals surface area contributed by atoms with Gasteiger partial charge in [0.05, 0.1) is 0 Å². The van der Waals surface area contributed by atoms with Crippen molar-refractivity contribution in [3.63, 3.8) is 0 Å². The molecule has 0 radical (unpaired) electrons. The zero-order chi connectivity index (χ0) is 21.5. The number of hydrogen-bond acceptors (Lipinski definition) is 2. The fourth-order valence-corrected chi connectivity index (χ4v) is 6.05. The number of hydrogen-bond donors (Lipinski definition) is 0. The average Bonchev–Trinajstić information content (AvgIpc) is 2.78. The van der Waals surface area contributed by atoms with Crippen molar-refractivity contribution in [2.45, 2.75) is 51.1 Å². The van der Waals surface area contributed by atoms with Gasteiger partial charge in [-0.2, -0.15) is 0 Å². The number of nitrogens with zero attached hydrogens (tertiary/aromatic N) is 2. The molecule has 2 aromatic rings. The van der Waals surface area contributed by atoms with E-state index in [9.17, 15) is 14.0 Å². The molecular weight excluding hydrogens is 391 g/mol. The topological polar surface area (TPSA) is 40.6 Å². The molecule has 2 aromatic carbocycles. The van der Waals surface area contributed by atoms with Gasteiger partial charge in [0, 0.05) is 37.2 Å². The summed E-state index contributed by atoms with van der Waals surface area (Å²) in [7, 11) is 0. The summed E-state index contributed by atoms with van der Waals surface area (Å²) in [4.78, 5) is 30.5. The molecule has 0 aliphatic carbocycles. The highest BCUT2D eigenvalue weighted by atomic mass is 19.1. The Morgan fingerprint density at radius 3 is 2.68 bits per heavy atom. The van der Waals surface area contributed by atoms with Crippen LogP contribution in [0.25, 0.3) is 0 Å². The Balaban J connectivity index is 1.45. The molecule has 3 saturated heterocycles. The van der Waals surface area contributed by atoms with Crippen LogP contribution in [0.2, 0.25) is 0 Å². The Labute approximate surface area is 183 Å². The minimum Gasteiger partial charge on any atom is -0.338 e. The largest absolute Gasteiger partial charge is 0.338 e. The Morgan fingerprint density at radius 2 is 1.87 bits per heavy atom. The molecule has 3 heterocycles.